The SMILES string of the molecule is CC1CCC(N(C)Cc2sccc2C#CCCO)CC1. The Hall–Kier alpha value is -0.820. The van der Waals surface area contributed by atoms with E-state index in [1.54, 1.807) is 11.3 Å². The first-order valence-electron chi connectivity index (χ1n) is 7.57. The minimum absolute atomic E-state index is 0.145. The summed E-state index contributed by atoms with van der Waals surface area (Å²) in [6.07, 6.45) is 5.94. The van der Waals surface area contributed by atoms with Crippen LogP contribution < -0.4 is 0 Å². The smallest absolute Gasteiger partial charge is 0.0540 e. The van der Waals surface area contributed by atoms with E-state index < -0.39 is 0 Å². The molecular formula is C17H25NOS. The third kappa shape index (κ3) is 4.34. The van der Waals surface area contributed by atoms with Crippen molar-refractivity contribution in [3.05, 3.63) is 21.9 Å². The maximum Gasteiger partial charge on any atom is 0.0540 e. The van der Waals surface area contributed by atoms with Crippen molar-refractivity contribution in [3.8, 4) is 11.8 Å². The summed E-state index contributed by atoms with van der Waals surface area (Å²) in [6.45, 7) is 3.51. The van der Waals surface area contributed by atoms with E-state index in [0.717, 1.165) is 24.1 Å². The van der Waals surface area contributed by atoms with Crippen LogP contribution in [0.15, 0.2) is 11.4 Å². The highest BCUT2D eigenvalue weighted by Crippen LogP contribution is 2.28. The highest BCUT2D eigenvalue weighted by atomic mass is 32.1. The van der Waals surface area contributed by atoms with E-state index in [1.165, 1.54) is 30.6 Å². The van der Waals surface area contributed by atoms with Gasteiger partial charge in [-0.25, -0.2) is 0 Å². The van der Waals surface area contributed by atoms with Crippen LogP contribution in [-0.2, 0) is 6.54 Å². The minimum Gasteiger partial charge on any atom is -0.395 e. The van der Waals surface area contributed by atoms with Gasteiger partial charge in [-0.05, 0) is 50.1 Å². The lowest BCUT2D eigenvalue weighted by Crippen LogP contribution is -2.34. The van der Waals surface area contributed by atoms with Crippen molar-refractivity contribution >= 4 is 11.3 Å². The van der Waals surface area contributed by atoms with Crippen molar-refractivity contribution in [1.82, 2.24) is 4.90 Å². The molecule has 2 nitrogen and oxygen atoms in total. The molecule has 1 aliphatic carbocycles. The maximum absolute atomic E-state index is 8.79. The highest BCUT2D eigenvalue weighted by molar-refractivity contribution is 7.10. The minimum atomic E-state index is 0.145. The van der Waals surface area contributed by atoms with Gasteiger partial charge in [-0.1, -0.05) is 18.8 Å². The first-order chi connectivity index (χ1) is 9.70. The van der Waals surface area contributed by atoms with Gasteiger partial charge >= 0.3 is 0 Å². The van der Waals surface area contributed by atoms with Gasteiger partial charge in [0, 0.05) is 29.4 Å². The molecule has 1 aromatic heterocycles. The zero-order chi connectivity index (χ0) is 14.4. The topological polar surface area (TPSA) is 23.5 Å². The van der Waals surface area contributed by atoms with Crippen LogP contribution >= 0.6 is 11.3 Å². The predicted molar refractivity (Wildman–Crippen MR) is 85.8 cm³/mol. The normalized spacial score (nSPS) is 22.6. The van der Waals surface area contributed by atoms with E-state index in [0.29, 0.717) is 6.42 Å². The number of aliphatic hydroxyl groups is 1. The number of thiophene rings is 1. The molecular weight excluding hydrogens is 266 g/mol. The lowest BCUT2D eigenvalue weighted by atomic mass is 9.87. The quantitative estimate of drug-likeness (QED) is 0.858. The molecule has 0 unspecified atom stereocenters. The second kappa shape index (κ2) is 7.83. The molecule has 1 aromatic rings. The molecule has 1 heterocycles. The number of hydrogen-bond acceptors (Lipinski definition) is 3. The van der Waals surface area contributed by atoms with E-state index in [1.807, 2.05) is 0 Å². The monoisotopic (exact) mass is 291 g/mol. The summed E-state index contributed by atoms with van der Waals surface area (Å²) in [7, 11) is 2.24. The molecule has 0 amide bonds. The lowest BCUT2D eigenvalue weighted by molar-refractivity contribution is 0.165. The summed E-state index contributed by atoms with van der Waals surface area (Å²) in [5, 5.41) is 10.9. The lowest BCUT2D eigenvalue weighted by Gasteiger charge is -2.33. The fraction of sp³-hybridized carbons (Fsp3) is 0.647. The fourth-order valence-corrected chi connectivity index (χ4v) is 3.72. The molecule has 110 valence electrons. The third-order valence-electron chi connectivity index (χ3n) is 4.21. The number of rotatable bonds is 4. The average molecular weight is 291 g/mol. The largest absolute Gasteiger partial charge is 0.395 e. The average Bonchev–Trinajstić information content (AvgIpc) is 2.87. The molecule has 0 aromatic carbocycles. The van der Waals surface area contributed by atoms with Crippen LogP contribution in [0.3, 0.4) is 0 Å². The maximum atomic E-state index is 8.79. The van der Waals surface area contributed by atoms with E-state index >= 15 is 0 Å². The Morgan fingerprint density at radius 2 is 2.10 bits per heavy atom. The van der Waals surface area contributed by atoms with Crippen molar-refractivity contribution in [2.45, 2.75) is 51.6 Å². The molecule has 1 saturated carbocycles. The molecule has 0 radical (unpaired) electrons. The molecule has 3 heteroatoms. The summed E-state index contributed by atoms with van der Waals surface area (Å²) >= 11 is 1.79. The summed E-state index contributed by atoms with van der Waals surface area (Å²) in [5.41, 5.74) is 1.14. The first kappa shape index (κ1) is 15.6. The Morgan fingerprint density at radius 3 is 2.80 bits per heavy atom. The van der Waals surface area contributed by atoms with Gasteiger partial charge in [-0.3, -0.25) is 4.90 Å². The van der Waals surface area contributed by atoms with E-state index in [9.17, 15) is 0 Å². The van der Waals surface area contributed by atoms with Crippen LogP contribution in [0.1, 0.15) is 49.5 Å². The number of hydrogen-bond donors (Lipinski definition) is 1. The van der Waals surface area contributed by atoms with Crippen LogP contribution in [0, 0.1) is 17.8 Å². The van der Waals surface area contributed by atoms with Gasteiger partial charge in [0.15, 0.2) is 0 Å². The number of nitrogens with zero attached hydrogens (tertiary/aromatic N) is 1. The summed E-state index contributed by atoms with van der Waals surface area (Å²) < 4.78 is 0. The van der Waals surface area contributed by atoms with Crippen LogP contribution in [0.5, 0.6) is 0 Å². The molecule has 0 saturated heterocycles. The molecule has 0 aliphatic heterocycles. The molecule has 20 heavy (non-hydrogen) atoms. The Bertz CT molecular complexity index is 463. The van der Waals surface area contributed by atoms with Gasteiger partial charge in [-0.2, -0.15) is 0 Å². The Morgan fingerprint density at radius 1 is 1.35 bits per heavy atom. The molecule has 1 fully saturated rings. The van der Waals surface area contributed by atoms with Crippen LogP contribution in [-0.4, -0.2) is 29.7 Å². The van der Waals surface area contributed by atoms with Crippen molar-refractivity contribution in [2.75, 3.05) is 13.7 Å². The zero-order valence-corrected chi connectivity index (χ0v) is 13.4. The van der Waals surface area contributed by atoms with Gasteiger partial charge in [0.2, 0.25) is 0 Å². The van der Waals surface area contributed by atoms with Crippen molar-refractivity contribution in [1.29, 1.82) is 0 Å². The summed E-state index contributed by atoms with van der Waals surface area (Å²) in [4.78, 5) is 3.85. The van der Waals surface area contributed by atoms with Crippen molar-refractivity contribution < 1.29 is 5.11 Å². The second-order valence-electron chi connectivity index (χ2n) is 5.86. The first-order valence-corrected chi connectivity index (χ1v) is 8.45. The second-order valence-corrected chi connectivity index (χ2v) is 6.86. The van der Waals surface area contributed by atoms with Crippen molar-refractivity contribution in [3.63, 3.8) is 0 Å². The van der Waals surface area contributed by atoms with E-state index in [4.69, 9.17) is 5.11 Å². The molecule has 0 atom stereocenters. The third-order valence-corrected chi connectivity index (χ3v) is 5.11. The van der Waals surface area contributed by atoms with E-state index in [2.05, 4.69) is 42.2 Å². The van der Waals surface area contributed by atoms with Crippen molar-refractivity contribution in [2.24, 2.45) is 5.92 Å². The van der Waals surface area contributed by atoms with Gasteiger partial charge in [0.05, 0.1) is 6.61 Å². The number of aliphatic hydroxyl groups excluding tert-OH is 1. The molecule has 0 bridgehead atoms. The van der Waals surface area contributed by atoms with Gasteiger partial charge < -0.3 is 5.11 Å². The zero-order valence-electron chi connectivity index (χ0n) is 12.6. The summed E-state index contributed by atoms with van der Waals surface area (Å²) in [6, 6.07) is 2.83. The fourth-order valence-electron chi connectivity index (χ4n) is 2.83. The Labute approximate surface area is 126 Å². The Balaban J connectivity index is 1.93. The van der Waals surface area contributed by atoms with Crippen LogP contribution in [0.4, 0.5) is 0 Å². The highest BCUT2D eigenvalue weighted by Gasteiger charge is 2.22. The molecule has 1 N–H and O–H groups in total. The summed E-state index contributed by atoms with van der Waals surface area (Å²) in [5.74, 6) is 7.11. The molecule has 2 rings (SSSR count). The van der Waals surface area contributed by atoms with Crippen LogP contribution in [0.25, 0.3) is 0 Å². The molecule has 0 spiro atoms. The standard InChI is InChI=1S/C17H25NOS/c1-14-6-8-16(9-7-14)18(2)13-17-15(10-12-20-17)5-3-4-11-19/h10,12,14,16,19H,4,6-9,11,13H2,1-2H3. The van der Waals surface area contributed by atoms with Gasteiger partial charge in [-0.15, -0.1) is 11.3 Å². The molecule has 1 aliphatic rings. The Kier molecular flexibility index (Phi) is 6.09. The van der Waals surface area contributed by atoms with Crippen LogP contribution in [0.2, 0.25) is 0 Å². The van der Waals surface area contributed by atoms with Gasteiger partial charge in [0.25, 0.3) is 0 Å². The predicted octanol–water partition coefficient (Wildman–Crippen LogP) is 3.49. The van der Waals surface area contributed by atoms with Gasteiger partial charge in [0.1, 0.15) is 0 Å². The van der Waals surface area contributed by atoms with E-state index in [-0.39, 0.29) is 6.61 Å².